The van der Waals surface area contributed by atoms with E-state index in [1.54, 1.807) is 12.3 Å². The number of benzene rings is 1. The number of rotatable bonds is 4. The Hall–Kier alpha value is -2.60. The van der Waals surface area contributed by atoms with Gasteiger partial charge < -0.3 is 5.32 Å². The summed E-state index contributed by atoms with van der Waals surface area (Å²) in [6.07, 6.45) is 3.44. The highest BCUT2D eigenvalue weighted by molar-refractivity contribution is 5.75. The van der Waals surface area contributed by atoms with Crippen LogP contribution < -0.4 is 5.32 Å². The molecular weight excluding hydrogens is 222 g/mol. The first-order valence-corrected chi connectivity index (χ1v) is 5.66. The fraction of sp³-hybridized carbons (Fsp3) is 0.0667. The quantitative estimate of drug-likeness (QED) is 0.828. The first kappa shape index (κ1) is 11.9. The summed E-state index contributed by atoms with van der Waals surface area (Å²) in [6, 6.07) is 13.9. The SMILES string of the molecule is C=CCNc1nccc(-c2ccccc2)c1C#N. The molecule has 0 fully saturated rings. The second-order valence-electron chi connectivity index (χ2n) is 3.73. The minimum absolute atomic E-state index is 0.561. The number of hydrogen-bond acceptors (Lipinski definition) is 3. The van der Waals surface area contributed by atoms with Crippen molar-refractivity contribution < 1.29 is 0 Å². The van der Waals surface area contributed by atoms with E-state index in [0.29, 0.717) is 17.9 Å². The minimum Gasteiger partial charge on any atom is -0.365 e. The van der Waals surface area contributed by atoms with Gasteiger partial charge in [-0.3, -0.25) is 0 Å². The highest BCUT2D eigenvalue weighted by atomic mass is 15.0. The first-order valence-electron chi connectivity index (χ1n) is 5.66. The highest BCUT2D eigenvalue weighted by Crippen LogP contribution is 2.26. The number of aromatic nitrogens is 1. The van der Waals surface area contributed by atoms with Gasteiger partial charge in [0.25, 0.3) is 0 Å². The Morgan fingerprint density at radius 3 is 2.72 bits per heavy atom. The molecule has 0 aliphatic heterocycles. The van der Waals surface area contributed by atoms with E-state index in [-0.39, 0.29) is 0 Å². The number of anilines is 1. The van der Waals surface area contributed by atoms with Crippen LogP contribution in [0.1, 0.15) is 5.56 Å². The van der Waals surface area contributed by atoms with Crippen molar-refractivity contribution in [2.24, 2.45) is 0 Å². The van der Waals surface area contributed by atoms with Crippen molar-refractivity contribution in [3.63, 3.8) is 0 Å². The van der Waals surface area contributed by atoms with Crippen molar-refractivity contribution >= 4 is 5.82 Å². The van der Waals surface area contributed by atoms with Gasteiger partial charge in [-0.2, -0.15) is 5.26 Å². The van der Waals surface area contributed by atoms with Crippen LogP contribution in [-0.2, 0) is 0 Å². The van der Waals surface area contributed by atoms with Gasteiger partial charge in [0, 0.05) is 18.3 Å². The molecular formula is C15H13N3. The van der Waals surface area contributed by atoms with Crippen molar-refractivity contribution in [2.75, 3.05) is 11.9 Å². The molecule has 3 heteroatoms. The van der Waals surface area contributed by atoms with E-state index in [4.69, 9.17) is 0 Å². The molecule has 1 aromatic heterocycles. The lowest BCUT2D eigenvalue weighted by molar-refractivity contribution is 1.22. The standard InChI is InChI=1S/C15H13N3/c1-2-9-17-15-14(11-16)13(8-10-18-15)12-6-4-3-5-7-12/h2-8,10H,1,9H2,(H,17,18). The number of hydrogen-bond donors (Lipinski definition) is 1. The third-order valence-corrected chi connectivity index (χ3v) is 2.56. The Kier molecular flexibility index (Phi) is 3.72. The van der Waals surface area contributed by atoms with Crippen LogP contribution in [0.2, 0.25) is 0 Å². The van der Waals surface area contributed by atoms with Crippen LogP contribution >= 0.6 is 0 Å². The van der Waals surface area contributed by atoms with Crippen molar-refractivity contribution in [1.82, 2.24) is 4.98 Å². The lowest BCUT2D eigenvalue weighted by atomic mass is 10.0. The summed E-state index contributed by atoms with van der Waals surface area (Å²) in [4.78, 5) is 4.19. The Morgan fingerprint density at radius 2 is 2.06 bits per heavy atom. The molecule has 0 saturated carbocycles. The van der Waals surface area contributed by atoms with Gasteiger partial charge in [0.2, 0.25) is 0 Å². The maximum absolute atomic E-state index is 9.30. The molecule has 0 amide bonds. The fourth-order valence-corrected chi connectivity index (χ4v) is 1.74. The molecule has 0 bridgehead atoms. The van der Waals surface area contributed by atoms with Crippen molar-refractivity contribution in [1.29, 1.82) is 5.26 Å². The molecule has 2 aromatic rings. The molecule has 18 heavy (non-hydrogen) atoms. The van der Waals surface area contributed by atoms with E-state index in [1.165, 1.54) is 0 Å². The zero-order valence-electron chi connectivity index (χ0n) is 9.93. The number of nitriles is 1. The summed E-state index contributed by atoms with van der Waals surface area (Å²) >= 11 is 0. The molecule has 2 rings (SSSR count). The fourth-order valence-electron chi connectivity index (χ4n) is 1.74. The van der Waals surface area contributed by atoms with Gasteiger partial charge in [0.05, 0.1) is 0 Å². The van der Waals surface area contributed by atoms with Gasteiger partial charge in [0.1, 0.15) is 17.5 Å². The Morgan fingerprint density at radius 1 is 1.28 bits per heavy atom. The third-order valence-electron chi connectivity index (χ3n) is 2.56. The molecule has 1 aromatic carbocycles. The number of nitrogens with zero attached hydrogens (tertiary/aromatic N) is 2. The van der Waals surface area contributed by atoms with Gasteiger partial charge in [-0.1, -0.05) is 36.4 Å². The summed E-state index contributed by atoms with van der Waals surface area (Å²) in [5, 5.41) is 12.4. The summed E-state index contributed by atoms with van der Waals surface area (Å²) in [5.41, 5.74) is 2.46. The zero-order valence-corrected chi connectivity index (χ0v) is 9.93. The average molecular weight is 235 g/mol. The summed E-state index contributed by atoms with van der Waals surface area (Å²) in [6.45, 7) is 4.22. The van der Waals surface area contributed by atoms with Crippen molar-refractivity contribution in [2.45, 2.75) is 0 Å². The third kappa shape index (κ3) is 2.38. The lowest BCUT2D eigenvalue weighted by Crippen LogP contribution is -2.03. The molecule has 1 N–H and O–H groups in total. The molecule has 1 heterocycles. The van der Waals surface area contributed by atoms with Crippen LogP contribution in [0.3, 0.4) is 0 Å². The van der Waals surface area contributed by atoms with E-state index in [2.05, 4.69) is 22.9 Å². The molecule has 0 unspecified atom stereocenters. The molecule has 0 aliphatic rings. The second-order valence-corrected chi connectivity index (χ2v) is 3.73. The lowest BCUT2D eigenvalue weighted by Gasteiger charge is -2.09. The maximum Gasteiger partial charge on any atom is 0.144 e. The largest absolute Gasteiger partial charge is 0.365 e. The smallest absolute Gasteiger partial charge is 0.144 e. The number of pyridine rings is 1. The first-order chi connectivity index (χ1) is 8.86. The van der Waals surface area contributed by atoms with Gasteiger partial charge in [-0.15, -0.1) is 6.58 Å². The van der Waals surface area contributed by atoms with Crippen LogP contribution in [-0.4, -0.2) is 11.5 Å². The highest BCUT2D eigenvalue weighted by Gasteiger charge is 2.09. The Labute approximate surface area is 106 Å². The predicted molar refractivity (Wildman–Crippen MR) is 73.1 cm³/mol. The van der Waals surface area contributed by atoms with E-state index < -0.39 is 0 Å². The molecule has 88 valence electrons. The van der Waals surface area contributed by atoms with Gasteiger partial charge >= 0.3 is 0 Å². The van der Waals surface area contributed by atoms with Gasteiger partial charge in [-0.05, 0) is 11.6 Å². The number of nitrogens with one attached hydrogen (secondary N) is 1. The van der Waals surface area contributed by atoms with Crippen LogP contribution in [0, 0.1) is 11.3 Å². The van der Waals surface area contributed by atoms with E-state index in [1.807, 2.05) is 36.4 Å². The summed E-state index contributed by atoms with van der Waals surface area (Å²) < 4.78 is 0. The van der Waals surface area contributed by atoms with Crippen molar-refractivity contribution in [3.05, 3.63) is 60.8 Å². The maximum atomic E-state index is 9.30. The normalized spacial score (nSPS) is 9.50. The zero-order chi connectivity index (χ0) is 12.8. The van der Waals surface area contributed by atoms with Crippen LogP contribution in [0.4, 0.5) is 5.82 Å². The van der Waals surface area contributed by atoms with Gasteiger partial charge in [0.15, 0.2) is 0 Å². The molecule has 0 aliphatic carbocycles. The Balaban J connectivity index is 2.49. The second kappa shape index (κ2) is 5.65. The van der Waals surface area contributed by atoms with E-state index >= 15 is 0 Å². The summed E-state index contributed by atoms with van der Waals surface area (Å²) in [7, 11) is 0. The Bertz CT molecular complexity index is 582. The molecule has 3 nitrogen and oxygen atoms in total. The van der Waals surface area contributed by atoms with E-state index in [9.17, 15) is 5.26 Å². The average Bonchev–Trinajstić information content (AvgIpc) is 2.45. The molecule has 0 radical (unpaired) electrons. The topological polar surface area (TPSA) is 48.7 Å². The monoisotopic (exact) mass is 235 g/mol. The molecule has 0 atom stereocenters. The summed E-state index contributed by atoms with van der Waals surface area (Å²) in [5.74, 6) is 0.596. The van der Waals surface area contributed by atoms with Gasteiger partial charge in [-0.25, -0.2) is 4.98 Å². The predicted octanol–water partition coefficient (Wildman–Crippen LogP) is 3.22. The molecule has 0 saturated heterocycles. The van der Waals surface area contributed by atoms with Crippen LogP contribution in [0.25, 0.3) is 11.1 Å². The van der Waals surface area contributed by atoms with Crippen LogP contribution in [0.5, 0.6) is 0 Å². The van der Waals surface area contributed by atoms with Crippen LogP contribution in [0.15, 0.2) is 55.3 Å². The minimum atomic E-state index is 0.561. The van der Waals surface area contributed by atoms with Crippen molar-refractivity contribution in [3.8, 4) is 17.2 Å². The van der Waals surface area contributed by atoms with E-state index in [0.717, 1.165) is 11.1 Å². The molecule has 0 spiro atoms.